The first-order valence-corrected chi connectivity index (χ1v) is 11.3. The van der Waals surface area contributed by atoms with Gasteiger partial charge in [0.05, 0.1) is 42.6 Å². The Bertz CT molecular complexity index is 1280. The Morgan fingerprint density at radius 1 is 1.21 bits per heavy atom. The second-order valence-electron chi connectivity index (χ2n) is 7.90. The van der Waals surface area contributed by atoms with Crippen molar-refractivity contribution in [3.8, 4) is 23.3 Å². The number of carbonyl (C=O) groups is 1. The van der Waals surface area contributed by atoms with Gasteiger partial charge in [-0.2, -0.15) is 5.26 Å². The number of rotatable bonds is 8. The zero-order valence-corrected chi connectivity index (χ0v) is 20.0. The highest BCUT2D eigenvalue weighted by molar-refractivity contribution is 7.99. The highest BCUT2D eigenvalue weighted by Crippen LogP contribution is 2.30. The van der Waals surface area contributed by atoms with Gasteiger partial charge in [0, 0.05) is 6.07 Å². The Morgan fingerprint density at radius 3 is 2.55 bits per heavy atom. The van der Waals surface area contributed by atoms with Crippen LogP contribution in [0, 0.1) is 17.2 Å². The summed E-state index contributed by atoms with van der Waals surface area (Å²) >= 11 is 1.12. The largest absolute Gasteiger partial charge is 0.493 e. The van der Waals surface area contributed by atoms with Crippen LogP contribution in [0.1, 0.15) is 20.8 Å². The lowest BCUT2D eigenvalue weighted by atomic mass is 9.90. The standard InChI is InChI=1S/C24H26N4O4S/c1-15(2)24(3,14-25)27-21(29)13-33-23-26-18-9-7-6-8-17(18)22(30)28(23)16-10-11-19(31-4)20(12-16)32-5/h6-12,15H,13H2,1-5H3,(H,27,29). The Balaban J connectivity index is 2.04. The molecule has 1 unspecified atom stereocenters. The molecule has 1 atom stereocenters. The SMILES string of the molecule is COc1ccc(-n2c(SCC(=O)NC(C)(C#N)C(C)C)nc3ccccc3c2=O)cc1OC. The van der Waals surface area contributed by atoms with Crippen LogP contribution < -0.4 is 20.3 Å². The summed E-state index contributed by atoms with van der Waals surface area (Å²) in [5.74, 6) is 0.591. The summed E-state index contributed by atoms with van der Waals surface area (Å²) in [5.41, 5.74) is -0.189. The molecule has 3 rings (SSSR count). The van der Waals surface area contributed by atoms with E-state index in [0.717, 1.165) is 11.8 Å². The van der Waals surface area contributed by atoms with E-state index in [4.69, 9.17) is 9.47 Å². The van der Waals surface area contributed by atoms with Crippen LogP contribution in [0.4, 0.5) is 0 Å². The number of para-hydroxylation sites is 1. The second-order valence-corrected chi connectivity index (χ2v) is 8.84. The van der Waals surface area contributed by atoms with Gasteiger partial charge < -0.3 is 14.8 Å². The zero-order valence-electron chi connectivity index (χ0n) is 19.2. The number of ether oxygens (including phenoxy) is 2. The van der Waals surface area contributed by atoms with Gasteiger partial charge in [0.1, 0.15) is 5.54 Å². The number of hydrogen-bond acceptors (Lipinski definition) is 7. The van der Waals surface area contributed by atoms with Crippen LogP contribution in [0.15, 0.2) is 52.4 Å². The first kappa shape index (κ1) is 24.1. The van der Waals surface area contributed by atoms with Gasteiger partial charge in [-0.3, -0.25) is 14.2 Å². The normalized spacial score (nSPS) is 12.8. The Hall–Kier alpha value is -3.51. The predicted molar refractivity (Wildman–Crippen MR) is 128 cm³/mol. The average molecular weight is 467 g/mol. The lowest BCUT2D eigenvalue weighted by Gasteiger charge is -2.27. The number of aromatic nitrogens is 2. The molecule has 0 spiro atoms. The van der Waals surface area contributed by atoms with Crippen molar-refractivity contribution < 1.29 is 14.3 Å². The van der Waals surface area contributed by atoms with E-state index in [1.807, 2.05) is 13.8 Å². The molecule has 1 aromatic heterocycles. The number of nitrogens with zero attached hydrogens (tertiary/aromatic N) is 3. The molecule has 9 heteroatoms. The van der Waals surface area contributed by atoms with E-state index >= 15 is 0 Å². The van der Waals surface area contributed by atoms with Gasteiger partial charge >= 0.3 is 0 Å². The quantitative estimate of drug-likeness (QED) is 0.400. The number of carbonyl (C=O) groups excluding carboxylic acids is 1. The molecule has 8 nitrogen and oxygen atoms in total. The first-order chi connectivity index (χ1) is 15.7. The molecule has 1 heterocycles. The molecule has 0 aliphatic rings. The first-order valence-electron chi connectivity index (χ1n) is 10.3. The van der Waals surface area contributed by atoms with E-state index < -0.39 is 5.54 Å². The highest BCUT2D eigenvalue weighted by atomic mass is 32.2. The molecule has 1 N–H and O–H groups in total. The van der Waals surface area contributed by atoms with Crippen LogP contribution >= 0.6 is 11.8 Å². The van der Waals surface area contributed by atoms with Gasteiger partial charge in [0.2, 0.25) is 5.91 Å². The third-order valence-corrected chi connectivity index (χ3v) is 6.43. The molecule has 0 saturated heterocycles. The molecule has 0 saturated carbocycles. The Labute approximate surface area is 196 Å². The second kappa shape index (κ2) is 9.96. The fraction of sp³-hybridized carbons (Fsp3) is 0.333. The predicted octanol–water partition coefficient (Wildman–Crippen LogP) is 3.55. The minimum absolute atomic E-state index is 0.0118. The molecular formula is C24H26N4O4S. The molecule has 0 aliphatic carbocycles. The molecule has 0 bridgehead atoms. The van der Waals surface area contributed by atoms with Crippen molar-refractivity contribution in [3.05, 3.63) is 52.8 Å². The van der Waals surface area contributed by atoms with E-state index in [0.29, 0.717) is 33.2 Å². The van der Waals surface area contributed by atoms with Crippen molar-refractivity contribution in [2.24, 2.45) is 5.92 Å². The molecule has 0 radical (unpaired) electrons. The number of benzene rings is 2. The van der Waals surface area contributed by atoms with Crippen LogP contribution in [0.2, 0.25) is 0 Å². The van der Waals surface area contributed by atoms with Gasteiger partial charge in [-0.15, -0.1) is 0 Å². The fourth-order valence-corrected chi connectivity index (χ4v) is 3.97. The van der Waals surface area contributed by atoms with Crippen LogP contribution in [-0.2, 0) is 4.79 Å². The number of nitrogens with one attached hydrogen (secondary N) is 1. The van der Waals surface area contributed by atoms with Crippen LogP contribution in [0.3, 0.4) is 0 Å². The average Bonchev–Trinajstić information content (AvgIpc) is 2.82. The minimum atomic E-state index is -0.989. The van der Waals surface area contributed by atoms with Gasteiger partial charge in [-0.1, -0.05) is 37.7 Å². The Morgan fingerprint density at radius 2 is 1.91 bits per heavy atom. The maximum absolute atomic E-state index is 13.4. The number of nitriles is 1. The number of amides is 1. The molecule has 2 aromatic carbocycles. The van der Waals surface area contributed by atoms with E-state index in [9.17, 15) is 14.9 Å². The smallest absolute Gasteiger partial charge is 0.266 e. The van der Waals surface area contributed by atoms with Crippen molar-refractivity contribution in [2.75, 3.05) is 20.0 Å². The lowest BCUT2D eigenvalue weighted by Crippen LogP contribution is -2.49. The monoisotopic (exact) mass is 466 g/mol. The molecular weight excluding hydrogens is 440 g/mol. The van der Waals surface area contributed by atoms with Crippen LogP contribution in [0.25, 0.3) is 16.6 Å². The van der Waals surface area contributed by atoms with Crippen molar-refractivity contribution in [1.82, 2.24) is 14.9 Å². The van der Waals surface area contributed by atoms with Crippen molar-refractivity contribution in [1.29, 1.82) is 5.26 Å². The maximum atomic E-state index is 13.4. The molecule has 3 aromatic rings. The number of fused-ring (bicyclic) bond motifs is 1. The molecule has 33 heavy (non-hydrogen) atoms. The van der Waals surface area contributed by atoms with Gasteiger partial charge in [-0.25, -0.2) is 4.98 Å². The lowest BCUT2D eigenvalue weighted by molar-refractivity contribution is -0.120. The van der Waals surface area contributed by atoms with Crippen molar-refractivity contribution in [3.63, 3.8) is 0 Å². The van der Waals surface area contributed by atoms with Crippen molar-refractivity contribution in [2.45, 2.75) is 31.5 Å². The summed E-state index contributed by atoms with van der Waals surface area (Å²) in [5, 5.41) is 13.1. The summed E-state index contributed by atoms with van der Waals surface area (Å²) in [6.07, 6.45) is 0. The third kappa shape index (κ3) is 4.96. The van der Waals surface area contributed by atoms with Gasteiger partial charge in [0.15, 0.2) is 16.7 Å². The van der Waals surface area contributed by atoms with Gasteiger partial charge in [0.25, 0.3) is 5.56 Å². The number of hydrogen-bond donors (Lipinski definition) is 1. The van der Waals surface area contributed by atoms with Crippen LogP contribution in [-0.4, -0.2) is 41.0 Å². The summed E-state index contributed by atoms with van der Waals surface area (Å²) in [4.78, 5) is 30.7. The highest BCUT2D eigenvalue weighted by Gasteiger charge is 2.30. The van der Waals surface area contributed by atoms with E-state index in [1.165, 1.54) is 18.8 Å². The van der Waals surface area contributed by atoms with Gasteiger partial charge in [-0.05, 0) is 37.1 Å². The zero-order chi connectivity index (χ0) is 24.2. The van der Waals surface area contributed by atoms with E-state index in [1.54, 1.807) is 49.4 Å². The summed E-state index contributed by atoms with van der Waals surface area (Å²) in [6, 6.07) is 14.3. The summed E-state index contributed by atoms with van der Waals surface area (Å²) in [7, 11) is 3.05. The van der Waals surface area contributed by atoms with E-state index in [2.05, 4.69) is 16.4 Å². The molecule has 172 valence electrons. The van der Waals surface area contributed by atoms with Crippen LogP contribution in [0.5, 0.6) is 11.5 Å². The molecule has 0 aliphatic heterocycles. The number of thioether (sulfide) groups is 1. The minimum Gasteiger partial charge on any atom is -0.493 e. The molecule has 0 fully saturated rings. The fourth-order valence-electron chi connectivity index (χ4n) is 3.16. The molecule has 1 amide bonds. The summed E-state index contributed by atoms with van der Waals surface area (Å²) < 4.78 is 12.1. The maximum Gasteiger partial charge on any atom is 0.266 e. The summed E-state index contributed by atoms with van der Waals surface area (Å²) in [6.45, 7) is 5.43. The third-order valence-electron chi connectivity index (χ3n) is 5.49. The number of methoxy groups -OCH3 is 2. The van der Waals surface area contributed by atoms with E-state index in [-0.39, 0.29) is 23.1 Å². The topological polar surface area (TPSA) is 106 Å². The Kier molecular flexibility index (Phi) is 7.29. The van der Waals surface area contributed by atoms with Crippen molar-refractivity contribution >= 4 is 28.6 Å².